The van der Waals surface area contributed by atoms with Gasteiger partial charge in [0.15, 0.2) is 0 Å². The Morgan fingerprint density at radius 1 is 1.28 bits per heavy atom. The molecule has 0 atom stereocenters. The summed E-state index contributed by atoms with van der Waals surface area (Å²) >= 11 is 0. The third-order valence-electron chi connectivity index (χ3n) is 4.14. The van der Waals surface area contributed by atoms with Crippen molar-refractivity contribution in [3.8, 4) is 5.75 Å². The summed E-state index contributed by atoms with van der Waals surface area (Å²) in [6, 6.07) is 6.01. The number of rotatable bonds is 3. The van der Waals surface area contributed by atoms with E-state index in [0.29, 0.717) is 0 Å². The topological polar surface area (TPSA) is 52.3 Å². The zero-order chi connectivity index (χ0) is 13.2. The zero-order valence-electron chi connectivity index (χ0n) is 11.2. The van der Waals surface area contributed by atoms with Gasteiger partial charge >= 0.3 is 0 Å². The Morgan fingerprint density at radius 3 is 2.50 bits per heavy atom. The van der Waals surface area contributed by atoms with Crippen LogP contribution in [0.5, 0.6) is 5.75 Å². The lowest BCUT2D eigenvalue weighted by molar-refractivity contribution is -0.124. The van der Waals surface area contributed by atoms with Gasteiger partial charge in [0.2, 0.25) is 5.91 Å². The second-order valence-electron chi connectivity index (χ2n) is 5.19. The highest BCUT2D eigenvalue weighted by atomic mass is 16.5. The molecular formula is C15H21NO2. The Hall–Kier alpha value is -1.51. The number of benzene rings is 1. The third kappa shape index (κ3) is 2.09. The molecule has 2 rings (SSSR count). The number of methoxy groups -OCH3 is 1. The van der Waals surface area contributed by atoms with Crippen molar-refractivity contribution in [3.63, 3.8) is 0 Å². The van der Waals surface area contributed by atoms with E-state index < -0.39 is 5.41 Å². The maximum atomic E-state index is 11.9. The van der Waals surface area contributed by atoms with E-state index >= 15 is 0 Å². The quantitative estimate of drug-likeness (QED) is 0.892. The monoisotopic (exact) mass is 247 g/mol. The number of ether oxygens (including phenoxy) is 1. The normalized spacial score (nSPS) is 18.3. The van der Waals surface area contributed by atoms with Crippen molar-refractivity contribution in [3.05, 3.63) is 29.3 Å². The highest BCUT2D eigenvalue weighted by molar-refractivity contribution is 5.87. The van der Waals surface area contributed by atoms with Gasteiger partial charge in [0.05, 0.1) is 12.5 Å². The lowest BCUT2D eigenvalue weighted by Gasteiger charge is -2.35. The average molecular weight is 247 g/mol. The first-order valence-electron chi connectivity index (χ1n) is 6.55. The molecule has 98 valence electrons. The molecule has 18 heavy (non-hydrogen) atoms. The van der Waals surface area contributed by atoms with E-state index in [0.717, 1.165) is 42.6 Å². The van der Waals surface area contributed by atoms with E-state index in [2.05, 4.69) is 0 Å². The van der Waals surface area contributed by atoms with Crippen molar-refractivity contribution >= 4 is 5.91 Å². The molecule has 1 aliphatic rings. The van der Waals surface area contributed by atoms with Gasteiger partial charge in [0, 0.05) is 0 Å². The second-order valence-corrected chi connectivity index (χ2v) is 5.19. The van der Waals surface area contributed by atoms with Gasteiger partial charge in [0.25, 0.3) is 0 Å². The minimum absolute atomic E-state index is 0.201. The Bertz CT molecular complexity index is 448. The second kappa shape index (κ2) is 5.01. The van der Waals surface area contributed by atoms with Crippen LogP contribution in [0.25, 0.3) is 0 Å². The van der Waals surface area contributed by atoms with Gasteiger partial charge in [-0.15, -0.1) is 0 Å². The van der Waals surface area contributed by atoms with E-state index in [-0.39, 0.29) is 5.91 Å². The molecule has 3 heteroatoms. The molecule has 1 aliphatic carbocycles. The van der Waals surface area contributed by atoms with E-state index in [9.17, 15) is 4.79 Å². The van der Waals surface area contributed by atoms with Crippen molar-refractivity contribution in [2.45, 2.75) is 44.4 Å². The number of carbonyl (C=O) groups excluding carboxylic acids is 1. The van der Waals surface area contributed by atoms with E-state index in [1.165, 1.54) is 6.42 Å². The van der Waals surface area contributed by atoms with Crippen LogP contribution in [0.3, 0.4) is 0 Å². The summed E-state index contributed by atoms with van der Waals surface area (Å²) in [4.78, 5) is 11.9. The summed E-state index contributed by atoms with van der Waals surface area (Å²) in [5, 5.41) is 0. The zero-order valence-corrected chi connectivity index (χ0v) is 11.2. The van der Waals surface area contributed by atoms with Gasteiger partial charge < -0.3 is 10.5 Å². The molecule has 0 saturated heterocycles. The number of nitrogens with two attached hydrogens (primary N) is 1. The SMILES string of the molecule is COc1cc(C2(C(N)=O)CCCCC2)ccc1C. The lowest BCUT2D eigenvalue weighted by atomic mass is 9.69. The first-order chi connectivity index (χ1) is 8.60. The third-order valence-corrected chi connectivity index (χ3v) is 4.14. The van der Waals surface area contributed by atoms with Crippen LogP contribution in [0.4, 0.5) is 0 Å². The molecule has 3 nitrogen and oxygen atoms in total. The van der Waals surface area contributed by atoms with Crippen LogP contribution < -0.4 is 10.5 Å². The molecule has 0 bridgehead atoms. The van der Waals surface area contributed by atoms with Crippen LogP contribution in [0.2, 0.25) is 0 Å². The summed E-state index contributed by atoms with van der Waals surface area (Å²) in [5.74, 6) is 0.631. The first-order valence-corrected chi connectivity index (χ1v) is 6.55. The molecule has 0 aromatic heterocycles. The minimum atomic E-state index is -0.487. The van der Waals surface area contributed by atoms with Gasteiger partial charge in [-0.2, -0.15) is 0 Å². The molecule has 0 heterocycles. The van der Waals surface area contributed by atoms with Crippen LogP contribution in [-0.2, 0) is 10.2 Å². The number of primary amides is 1. The van der Waals surface area contributed by atoms with Gasteiger partial charge in [-0.1, -0.05) is 31.4 Å². The summed E-state index contributed by atoms with van der Waals surface area (Å²) in [7, 11) is 1.66. The number of hydrogen-bond donors (Lipinski definition) is 1. The summed E-state index contributed by atoms with van der Waals surface area (Å²) in [6.45, 7) is 2.00. The van der Waals surface area contributed by atoms with Gasteiger partial charge in [0.1, 0.15) is 5.75 Å². The average Bonchev–Trinajstić information content (AvgIpc) is 2.40. The van der Waals surface area contributed by atoms with Crippen LogP contribution in [0, 0.1) is 6.92 Å². The molecule has 1 fully saturated rings. The molecule has 0 spiro atoms. The molecule has 1 amide bonds. The Morgan fingerprint density at radius 2 is 1.94 bits per heavy atom. The maximum absolute atomic E-state index is 11.9. The maximum Gasteiger partial charge on any atom is 0.228 e. The van der Waals surface area contributed by atoms with Gasteiger partial charge in [-0.05, 0) is 37.0 Å². The molecule has 2 N–H and O–H groups in total. The Labute approximate surface area is 108 Å². The van der Waals surface area contributed by atoms with Gasteiger partial charge in [-0.3, -0.25) is 4.79 Å². The molecule has 1 aromatic carbocycles. The van der Waals surface area contributed by atoms with Crippen LogP contribution in [0.15, 0.2) is 18.2 Å². The van der Waals surface area contributed by atoms with E-state index in [1.807, 2.05) is 25.1 Å². The molecular weight excluding hydrogens is 226 g/mol. The smallest absolute Gasteiger partial charge is 0.228 e. The highest BCUT2D eigenvalue weighted by Gasteiger charge is 2.39. The number of carbonyl (C=O) groups is 1. The Balaban J connectivity index is 2.45. The van der Waals surface area contributed by atoms with Crippen LogP contribution in [-0.4, -0.2) is 13.0 Å². The van der Waals surface area contributed by atoms with E-state index in [4.69, 9.17) is 10.5 Å². The van der Waals surface area contributed by atoms with Crippen molar-refractivity contribution in [2.24, 2.45) is 5.73 Å². The fourth-order valence-corrected chi connectivity index (χ4v) is 2.95. The Kier molecular flexibility index (Phi) is 3.60. The molecule has 0 aliphatic heterocycles. The number of amides is 1. The summed E-state index contributed by atoms with van der Waals surface area (Å²) in [5.41, 5.74) is 7.29. The van der Waals surface area contributed by atoms with Crippen molar-refractivity contribution in [1.82, 2.24) is 0 Å². The van der Waals surface area contributed by atoms with Crippen molar-refractivity contribution in [2.75, 3.05) is 7.11 Å². The number of hydrogen-bond acceptors (Lipinski definition) is 2. The summed E-state index contributed by atoms with van der Waals surface area (Å²) < 4.78 is 5.35. The standard InChI is InChI=1S/C15H21NO2/c1-11-6-7-12(10-13(11)18-2)15(14(16)17)8-4-3-5-9-15/h6-7,10H,3-5,8-9H2,1-2H3,(H2,16,17). The predicted octanol–water partition coefficient (Wildman–Crippen LogP) is 2.69. The highest BCUT2D eigenvalue weighted by Crippen LogP contribution is 2.40. The molecule has 1 aromatic rings. The van der Waals surface area contributed by atoms with Crippen molar-refractivity contribution < 1.29 is 9.53 Å². The van der Waals surface area contributed by atoms with Crippen LogP contribution >= 0.6 is 0 Å². The predicted molar refractivity (Wildman–Crippen MR) is 71.7 cm³/mol. The first kappa shape index (κ1) is 12.9. The fraction of sp³-hybridized carbons (Fsp3) is 0.533. The van der Waals surface area contributed by atoms with E-state index in [1.54, 1.807) is 7.11 Å². The largest absolute Gasteiger partial charge is 0.496 e. The minimum Gasteiger partial charge on any atom is -0.496 e. The molecule has 1 saturated carbocycles. The van der Waals surface area contributed by atoms with Crippen LogP contribution in [0.1, 0.15) is 43.2 Å². The molecule has 0 unspecified atom stereocenters. The number of aryl methyl sites for hydroxylation is 1. The fourth-order valence-electron chi connectivity index (χ4n) is 2.95. The van der Waals surface area contributed by atoms with Gasteiger partial charge in [-0.25, -0.2) is 0 Å². The lowest BCUT2D eigenvalue weighted by Crippen LogP contribution is -2.42. The van der Waals surface area contributed by atoms with Crippen molar-refractivity contribution in [1.29, 1.82) is 0 Å². The summed E-state index contributed by atoms with van der Waals surface area (Å²) in [6.07, 6.45) is 5.04. The molecule has 0 radical (unpaired) electrons.